The van der Waals surface area contributed by atoms with Crippen molar-refractivity contribution < 1.29 is 0 Å². The lowest BCUT2D eigenvalue weighted by atomic mass is 9.96. The van der Waals surface area contributed by atoms with Crippen LogP contribution in [0.4, 0.5) is 5.13 Å². The summed E-state index contributed by atoms with van der Waals surface area (Å²) in [6, 6.07) is 7.14. The predicted octanol–water partition coefficient (Wildman–Crippen LogP) is 5.34. The summed E-state index contributed by atoms with van der Waals surface area (Å²) in [7, 11) is 0. The van der Waals surface area contributed by atoms with Gasteiger partial charge in [-0.3, -0.25) is 0 Å². The molecule has 22 heavy (non-hydrogen) atoms. The van der Waals surface area contributed by atoms with Gasteiger partial charge in [0, 0.05) is 34.1 Å². The molecule has 0 radical (unpaired) electrons. The number of rotatable bonds is 3. The summed E-state index contributed by atoms with van der Waals surface area (Å²) in [4.78, 5) is 8.17. The molecule has 4 heteroatoms. The van der Waals surface area contributed by atoms with E-state index in [0.717, 1.165) is 10.8 Å². The van der Waals surface area contributed by atoms with Crippen LogP contribution in [0.25, 0.3) is 22.2 Å². The smallest absolute Gasteiger partial charge is 0.183 e. The number of benzene rings is 1. The molecule has 0 bridgehead atoms. The maximum absolute atomic E-state index is 4.81. The summed E-state index contributed by atoms with van der Waals surface area (Å²) in [5.41, 5.74) is 4.73. The molecular formula is C18H21N3S. The van der Waals surface area contributed by atoms with Gasteiger partial charge in [0.1, 0.15) is 0 Å². The number of fused-ring (bicyclic) bond motifs is 1. The number of hydrogen-bond donors (Lipinski definition) is 2. The molecule has 114 valence electrons. The zero-order valence-corrected chi connectivity index (χ0v) is 13.7. The molecule has 0 atom stereocenters. The Bertz CT molecular complexity index is 781. The molecule has 1 aliphatic rings. The van der Waals surface area contributed by atoms with Crippen molar-refractivity contribution in [1.29, 1.82) is 0 Å². The molecule has 2 aromatic heterocycles. The molecule has 1 aliphatic carbocycles. The number of aromatic nitrogens is 2. The minimum absolute atomic E-state index is 0.610. The Labute approximate surface area is 134 Å². The van der Waals surface area contributed by atoms with E-state index in [4.69, 9.17) is 4.98 Å². The average molecular weight is 311 g/mol. The fourth-order valence-corrected chi connectivity index (χ4v) is 4.13. The standard InChI is InChI=1S/C18H21N3S/c1-12-7-8-14-15(10-19-16(14)9-12)17-11-22-18(21-17)20-13-5-3-2-4-6-13/h7-11,13,19H,2-6H2,1H3,(H,20,21). The summed E-state index contributed by atoms with van der Waals surface area (Å²) in [5.74, 6) is 0. The molecule has 1 aromatic carbocycles. The highest BCUT2D eigenvalue weighted by Crippen LogP contribution is 2.32. The van der Waals surface area contributed by atoms with Crippen molar-refractivity contribution >= 4 is 27.4 Å². The Morgan fingerprint density at radius 3 is 2.95 bits per heavy atom. The van der Waals surface area contributed by atoms with Gasteiger partial charge in [-0.2, -0.15) is 0 Å². The Morgan fingerprint density at radius 2 is 2.09 bits per heavy atom. The fourth-order valence-electron chi connectivity index (χ4n) is 3.34. The second-order valence-corrected chi connectivity index (χ2v) is 7.13. The molecule has 3 aromatic rings. The van der Waals surface area contributed by atoms with E-state index in [2.05, 4.69) is 47.0 Å². The summed E-state index contributed by atoms with van der Waals surface area (Å²) in [5, 5.41) is 8.09. The lowest BCUT2D eigenvalue weighted by Crippen LogP contribution is -2.21. The van der Waals surface area contributed by atoms with Crippen LogP contribution < -0.4 is 5.32 Å². The van der Waals surface area contributed by atoms with Gasteiger partial charge in [-0.1, -0.05) is 31.4 Å². The van der Waals surface area contributed by atoms with Crippen LogP contribution in [0.15, 0.2) is 29.8 Å². The molecule has 1 saturated carbocycles. The Hall–Kier alpha value is -1.81. The van der Waals surface area contributed by atoms with E-state index in [-0.39, 0.29) is 0 Å². The molecular weight excluding hydrogens is 290 g/mol. The van der Waals surface area contributed by atoms with Crippen molar-refractivity contribution in [2.45, 2.75) is 45.1 Å². The molecule has 0 amide bonds. The number of H-pyrrole nitrogens is 1. The SMILES string of the molecule is Cc1ccc2c(-c3csc(NC4CCCCC4)n3)c[nH]c2c1. The van der Waals surface area contributed by atoms with Crippen molar-refractivity contribution in [1.82, 2.24) is 9.97 Å². The molecule has 0 aliphatic heterocycles. The largest absolute Gasteiger partial charge is 0.360 e. The first-order valence-electron chi connectivity index (χ1n) is 8.10. The molecule has 3 nitrogen and oxygen atoms in total. The molecule has 2 N–H and O–H groups in total. The minimum Gasteiger partial charge on any atom is -0.360 e. The maximum atomic E-state index is 4.81. The van der Waals surface area contributed by atoms with Crippen molar-refractivity contribution in [2.24, 2.45) is 0 Å². The number of nitrogens with one attached hydrogen (secondary N) is 2. The van der Waals surface area contributed by atoms with Crippen LogP contribution in [0.3, 0.4) is 0 Å². The summed E-state index contributed by atoms with van der Waals surface area (Å²) in [6.07, 6.45) is 8.71. The highest BCUT2D eigenvalue weighted by molar-refractivity contribution is 7.14. The Kier molecular flexibility index (Phi) is 3.62. The van der Waals surface area contributed by atoms with Crippen LogP contribution in [-0.2, 0) is 0 Å². The van der Waals surface area contributed by atoms with E-state index in [0.29, 0.717) is 6.04 Å². The number of anilines is 1. The highest BCUT2D eigenvalue weighted by Gasteiger charge is 2.15. The second-order valence-electron chi connectivity index (χ2n) is 6.27. The highest BCUT2D eigenvalue weighted by atomic mass is 32.1. The molecule has 0 unspecified atom stereocenters. The quantitative estimate of drug-likeness (QED) is 0.685. The topological polar surface area (TPSA) is 40.7 Å². The van der Waals surface area contributed by atoms with Gasteiger partial charge in [0.15, 0.2) is 5.13 Å². The Morgan fingerprint density at radius 1 is 1.23 bits per heavy atom. The lowest BCUT2D eigenvalue weighted by molar-refractivity contribution is 0.462. The minimum atomic E-state index is 0.610. The van der Waals surface area contributed by atoms with E-state index < -0.39 is 0 Å². The Balaban J connectivity index is 1.59. The second kappa shape index (κ2) is 5.76. The van der Waals surface area contributed by atoms with E-state index in [1.807, 2.05) is 0 Å². The van der Waals surface area contributed by atoms with Gasteiger partial charge < -0.3 is 10.3 Å². The van der Waals surface area contributed by atoms with Crippen LogP contribution in [-0.4, -0.2) is 16.0 Å². The number of nitrogens with zero attached hydrogens (tertiary/aromatic N) is 1. The third kappa shape index (κ3) is 2.63. The maximum Gasteiger partial charge on any atom is 0.183 e. The molecule has 0 saturated heterocycles. The monoisotopic (exact) mass is 311 g/mol. The first kappa shape index (κ1) is 13.8. The number of aromatic amines is 1. The number of hydrogen-bond acceptors (Lipinski definition) is 3. The van der Waals surface area contributed by atoms with E-state index in [9.17, 15) is 0 Å². The van der Waals surface area contributed by atoms with Crippen LogP contribution >= 0.6 is 11.3 Å². The fraction of sp³-hybridized carbons (Fsp3) is 0.389. The first-order chi connectivity index (χ1) is 10.8. The molecule has 1 fully saturated rings. The third-order valence-corrected chi connectivity index (χ3v) is 5.32. The van der Waals surface area contributed by atoms with Gasteiger partial charge in [0.25, 0.3) is 0 Å². The molecule has 2 heterocycles. The van der Waals surface area contributed by atoms with Crippen LogP contribution in [0.1, 0.15) is 37.7 Å². The predicted molar refractivity (Wildman–Crippen MR) is 94.6 cm³/mol. The summed E-state index contributed by atoms with van der Waals surface area (Å²) >= 11 is 1.72. The van der Waals surface area contributed by atoms with Crippen LogP contribution in [0.2, 0.25) is 0 Å². The van der Waals surface area contributed by atoms with Crippen molar-refractivity contribution in [3.8, 4) is 11.3 Å². The number of aryl methyl sites for hydroxylation is 1. The summed E-state index contributed by atoms with van der Waals surface area (Å²) < 4.78 is 0. The van der Waals surface area contributed by atoms with Crippen LogP contribution in [0.5, 0.6) is 0 Å². The first-order valence-corrected chi connectivity index (χ1v) is 8.98. The van der Waals surface area contributed by atoms with Gasteiger partial charge >= 0.3 is 0 Å². The van der Waals surface area contributed by atoms with Crippen LogP contribution in [0, 0.1) is 6.92 Å². The van der Waals surface area contributed by atoms with Gasteiger partial charge in [-0.25, -0.2) is 4.98 Å². The van der Waals surface area contributed by atoms with E-state index in [1.165, 1.54) is 54.1 Å². The van der Waals surface area contributed by atoms with Gasteiger partial charge in [0.05, 0.1) is 5.69 Å². The normalized spacial score (nSPS) is 16.2. The number of thiazole rings is 1. The molecule has 4 rings (SSSR count). The third-order valence-electron chi connectivity index (χ3n) is 4.55. The van der Waals surface area contributed by atoms with Crippen molar-refractivity contribution in [2.75, 3.05) is 5.32 Å². The zero-order chi connectivity index (χ0) is 14.9. The van der Waals surface area contributed by atoms with Gasteiger partial charge in [0.2, 0.25) is 0 Å². The lowest BCUT2D eigenvalue weighted by Gasteiger charge is -2.22. The van der Waals surface area contributed by atoms with Crippen molar-refractivity contribution in [3.63, 3.8) is 0 Å². The summed E-state index contributed by atoms with van der Waals surface area (Å²) in [6.45, 7) is 2.12. The zero-order valence-electron chi connectivity index (χ0n) is 12.9. The molecule has 0 spiro atoms. The van der Waals surface area contributed by atoms with Gasteiger partial charge in [-0.15, -0.1) is 11.3 Å². The van der Waals surface area contributed by atoms with Gasteiger partial charge in [-0.05, 0) is 31.4 Å². The van der Waals surface area contributed by atoms with E-state index in [1.54, 1.807) is 11.3 Å². The van der Waals surface area contributed by atoms with E-state index >= 15 is 0 Å². The average Bonchev–Trinajstić information content (AvgIpc) is 3.14. The van der Waals surface area contributed by atoms with Crippen molar-refractivity contribution in [3.05, 3.63) is 35.3 Å².